The molecule has 0 saturated heterocycles. The largest absolute Gasteiger partial charge is 0.497 e. The van der Waals surface area contributed by atoms with Gasteiger partial charge in [-0.25, -0.2) is 0 Å². The molecule has 2 aliphatic rings. The first-order valence-corrected chi connectivity index (χ1v) is 8.30. The van der Waals surface area contributed by atoms with Crippen LogP contribution in [-0.4, -0.2) is 25.2 Å². The van der Waals surface area contributed by atoms with Gasteiger partial charge in [-0.3, -0.25) is 4.79 Å². The summed E-state index contributed by atoms with van der Waals surface area (Å²) in [4.78, 5) is 12.5. The lowest BCUT2D eigenvalue weighted by Crippen LogP contribution is -2.45. The molecular formula is C18H25NO3. The molecule has 2 fully saturated rings. The number of methoxy groups -OCH3 is 1. The molecule has 120 valence electrons. The van der Waals surface area contributed by atoms with E-state index >= 15 is 0 Å². The van der Waals surface area contributed by atoms with E-state index in [0.29, 0.717) is 24.1 Å². The molecule has 4 atom stereocenters. The maximum absolute atomic E-state index is 12.5. The molecule has 4 heteroatoms. The first-order valence-electron chi connectivity index (χ1n) is 8.30. The minimum Gasteiger partial charge on any atom is -0.497 e. The van der Waals surface area contributed by atoms with Crippen molar-refractivity contribution in [2.45, 2.75) is 51.2 Å². The third-order valence-electron chi connectivity index (χ3n) is 5.07. The van der Waals surface area contributed by atoms with E-state index in [1.165, 1.54) is 19.3 Å². The van der Waals surface area contributed by atoms with Gasteiger partial charge >= 0.3 is 0 Å². The Bertz CT molecular complexity index is 514. The van der Waals surface area contributed by atoms with E-state index in [-0.39, 0.29) is 5.91 Å². The van der Waals surface area contributed by atoms with E-state index in [4.69, 9.17) is 9.47 Å². The maximum Gasteiger partial charge on any atom is 0.261 e. The zero-order valence-corrected chi connectivity index (χ0v) is 13.4. The van der Waals surface area contributed by atoms with Gasteiger partial charge in [0.15, 0.2) is 6.10 Å². The third-order valence-corrected chi connectivity index (χ3v) is 5.07. The lowest BCUT2D eigenvalue weighted by molar-refractivity contribution is -0.129. The molecule has 22 heavy (non-hydrogen) atoms. The summed E-state index contributed by atoms with van der Waals surface area (Å²) < 4.78 is 11.0. The Morgan fingerprint density at radius 3 is 2.50 bits per heavy atom. The summed E-state index contributed by atoms with van der Waals surface area (Å²) in [5.41, 5.74) is 0. The van der Waals surface area contributed by atoms with E-state index in [9.17, 15) is 4.79 Å². The molecule has 0 radical (unpaired) electrons. The molecule has 0 aromatic heterocycles. The Morgan fingerprint density at radius 1 is 1.23 bits per heavy atom. The van der Waals surface area contributed by atoms with Gasteiger partial charge < -0.3 is 14.8 Å². The predicted molar refractivity (Wildman–Crippen MR) is 85.1 cm³/mol. The van der Waals surface area contributed by atoms with Gasteiger partial charge in [0, 0.05) is 6.04 Å². The predicted octanol–water partition coefficient (Wildman–Crippen LogP) is 3.16. The zero-order valence-electron chi connectivity index (χ0n) is 13.4. The van der Waals surface area contributed by atoms with E-state index < -0.39 is 6.10 Å². The van der Waals surface area contributed by atoms with Gasteiger partial charge in [-0.1, -0.05) is 13.3 Å². The average Bonchev–Trinajstić information content (AvgIpc) is 3.15. The first kappa shape index (κ1) is 15.2. The monoisotopic (exact) mass is 303 g/mol. The van der Waals surface area contributed by atoms with Crippen LogP contribution < -0.4 is 14.8 Å². The summed E-state index contributed by atoms with van der Waals surface area (Å²) in [6.07, 6.45) is 5.30. The summed E-state index contributed by atoms with van der Waals surface area (Å²) >= 11 is 0. The standard InChI is InChI=1S/C18H25NO3/c1-3-17(22-15-8-6-14(21-2)7-9-15)18(20)19-16-11-12-4-5-13(16)10-12/h6-9,12-13,16-17H,3-5,10-11H2,1-2H3,(H,19,20). The van der Waals surface area contributed by atoms with E-state index in [0.717, 1.165) is 18.1 Å². The number of ether oxygens (including phenoxy) is 2. The quantitative estimate of drug-likeness (QED) is 0.878. The van der Waals surface area contributed by atoms with Gasteiger partial charge in [-0.2, -0.15) is 0 Å². The number of carbonyl (C=O) groups is 1. The van der Waals surface area contributed by atoms with Gasteiger partial charge in [0.2, 0.25) is 0 Å². The van der Waals surface area contributed by atoms with Crippen molar-refractivity contribution in [3.63, 3.8) is 0 Å². The Morgan fingerprint density at radius 2 is 1.95 bits per heavy atom. The van der Waals surface area contributed by atoms with E-state index in [1.54, 1.807) is 7.11 Å². The van der Waals surface area contributed by atoms with Gasteiger partial charge in [0.1, 0.15) is 11.5 Å². The van der Waals surface area contributed by atoms with Gasteiger partial charge in [-0.05, 0) is 61.8 Å². The van der Waals surface area contributed by atoms with Crippen molar-refractivity contribution in [1.29, 1.82) is 0 Å². The molecule has 4 nitrogen and oxygen atoms in total. The SMILES string of the molecule is CCC(Oc1ccc(OC)cc1)C(=O)NC1CC2CCC1C2. The van der Waals surface area contributed by atoms with Crippen molar-refractivity contribution >= 4 is 5.91 Å². The van der Waals surface area contributed by atoms with Crippen LogP contribution in [0.2, 0.25) is 0 Å². The Balaban J connectivity index is 1.56. The van der Waals surface area contributed by atoms with Crippen LogP contribution >= 0.6 is 0 Å². The van der Waals surface area contributed by atoms with E-state index in [1.807, 2.05) is 31.2 Å². The molecule has 1 N–H and O–H groups in total. The summed E-state index contributed by atoms with van der Waals surface area (Å²) in [6, 6.07) is 7.73. The number of nitrogens with one attached hydrogen (secondary N) is 1. The second-order valence-corrected chi connectivity index (χ2v) is 6.48. The molecule has 4 unspecified atom stereocenters. The van der Waals surface area contributed by atoms with Crippen LogP contribution in [0.25, 0.3) is 0 Å². The Hall–Kier alpha value is -1.71. The highest BCUT2D eigenvalue weighted by Gasteiger charge is 2.40. The molecule has 1 aromatic carbocycles. The minimum atomic E-state index is -0.424. The van der Waals surface area contributed by atoms with Gasteiger partial charge in [0.05, 0.1) is 7.11 Å². The van der Waals surface area contributed by atoms with Crippen LogP contribution in [0, 0.1) is 11.8 Å². The van der Waals surface area contributed by atoms with Crippen molar-refractivity contribution in [3.8, 4) is 11.5 Å². The molecular weight excluding hydrogens is 278 g/mol. The fourth-order valence-electron chi connectivity index (χ4n) is 3.84. The van der Waals surface area contributed by atoms with Crippen molar-refractivity contribution < 1.29 is 14.3 Å². The molecule has 2 bridgehead atoms. The molecule has 3 rings (SSSR count). The zero-order chi connectivity index (χ0) is 15.5. The molecule has 0 aliphatic heterocycles. The summed E-state index contributed by atoms with van der Waals surface area (Å²) in [5.74, 6) is 3.03. The average molecular weight is 303 g/mol. The number of hydrogen-bond acceptors (Lipinski definition) is 3. The summed E-state index contributed by atoms with van der Waals surface area (Å²) in [6.45, 7) is 1.98. The third kappa shape index (κ3) is 3.21. The smallest absolute Gasteiger partial charge is 0.261 e. The van der Waals surface area contributed by atoms with Crippen LogP contribution in [0.1, 0.15) is 39.0 Å². The van der Waals surface area contributed by atoms with Gasteiger partial charge in [0.25, 0.3) is 5.91 Å². The van der Waals surface area contributed by atoms with Crippen molar-refractivity contribution in [1.82, 2.24) is 5.32 Å². The highest BCUT2D eigenvalue weighted by molar-refractivity contribution is 5.81. The van der Waals surface area contributed by atoms with Crippen LogP contribution in [0.4, 0.5) is 0 Å². The molecule has 2 aliphatic carbocycles. The normalized spacial score (nSPS) is 27.5. The second-order valence-electron chi connectivity index (χ2n) is 6.48. The number of hydrogen-bond donors (Lipinski definition) is 1. The minimum absolute atomic E-state index is 0.0240. The molecule has 0 spiro atoms. The lowest BCUT2D eigenvalue weighted by atomic mass is 9.95. The molecule has 1 amide bonds. The topological polar surface area (TPSA) is 47.6 Å². The summed E-state index contributed by atoms with van der Waals surface area (Å²) in [5, 5.41) is 3.22. The lowest BCUT2D eigenvalue weighted by Gasteiger charge is -2.25. The highest BCUT2D eigenvalue weighted by atomic mass is 16.5. The van der Waals surface area contributed by atoms with Crippen LogP contribution in [-0.2, 0) is 4.79 Å². The molecule has 1 aromatic rings. The molecule has 0 heterocycles. The fraction of sp³-hybridized carbons (Fsp3) is 0.611. The Kier molecular flexibility index (Phi) is 4.55. The second kappa shape index (κ2) is 6.59. The van der Waals surface area contributed by atoms with Crippen LogP contribution in [0.15, 0.2) is 24.3 Å². The number of rotatable bonds is 6. The van der Waals surface area contributed by atoms with E-state index in [2.05, 4.69) is 5.32 Å². The van der Waals surface area contributed by atoms with Crippen LogP contribution in [0.5, 0.6) is 11.5 Å². The van der Waals surface area contributed by atoms with Gasteiger partial charge in [-0.15, -0.1) is 0 Å². The van der Waals surface area contributed by atoms with Crippen molar-refractivity contribution in [2.24, 2.45) is 11.8 Å². The number of fused-ring (bicyclic) bond motifs is 2. The fourth-order valence-corrected chi connectivity index (χ4v) is 3.84. The molecule has 2 saturated carbocycles. The first-order chi connectivity index (χ1) is 10.7. The van der Waals surface area contributed by atoms with Crippen molar-refractivity contribution in [2.75, 3.05) is 7.11 Å². The number of amides is 1. The number of carbonyl (C=O) groups excluding carboxylic acids is 1. The Labute approximate surface area is 132 Å². The van der Waals surface area contributed by atoms with Crippen LogP contribution in [0.3, 0.4) is 0 Å². The number of benzene rings is 1. The maximum atomic E-state index is 12.5. The highest BCUT2D eigenvalue weighted by Crippen LogP contribution is 2.44. The summed E-state index contributed by atoms with van der Waals surface area (Å²) in [7, 11) is 1.63. The van der Waals surface area contributed by atoms with Crippen molar-refractivity contribution in [3.05, 3.63) is 24.3 Å².